The van der Waals surface area contributed by atoms with E-state index in [-0.39, 0.29) is 10.8 Å². The summed E-state index contributed by atoms with van der Waals surface area (Å²) in [5, 5.41) is 3.36. The lowest BCUT2D eigenvalue weighted by Crippen LogP contribution is -2.49. The molecule has 0 unspecified atom stereocenters. The van der Waals surface area contributed by atoms with E-state index in [0.717, 1.165) is 18.4 Å². The number of anilines is 1. The fourth-order valence-electron chi connectivity index (χ4n) is 3.13. The largest absolute Gasteiger partial charge is 0.324 e. The predicted molar refractivity (Wildman–Crippen MR) is 103 cm³/mol. The van der Waals surface area contributed by atoms with Crippen molar-refractivity contribution >= 4 is 33.2 Å². The molecule has 1 N–H and O–H groups in total. The SMILES string of the molecule is Cc1ccc(Cl)cc1NC(=O)[C@@H]1CCCCN1S(=O)(=O)c1ccccc1. The van der Waals surface area contributed by atoms with Crippen LogP contribution < -0.4 is 5.32 Å². The Labute approximate surface area is 159 Å². The Balaban J connectivity index is 1.87. The van der Waals surface area contributed by atoms with Gasteiger partial charge < -0.3 is 5.32 Å². The molecule has 1 aliphatic rings. The van der Waals surface area contributed by atoms with Crippen LogP contribution in [0.3, 0.4) is 0 Å². The highest BCUT2D eigenvalue weighted by Crippen LogP contribution is 2.27. The second-order valence-electron chi connectivity index (χ2n) is 6.39. The van der Waals surface area contributed by atoms with Gasteiger partial charge in [0.05, 0.1) is 4.90 Å². The summed E-state index contributed by atoms with van der Waals surface area (Å²) in [5.74, 6) is -0.324. The maximum Gasteiger partial charge on any atom is 0.243 e. The van der Waals surface area contributed by atoms with Crippen LogP contribution in [0, 0.1) is 6.92 Å². The van der Waals surface area contributed by atoms with Crippen LogP contribution in [0.2, 0.25) is 5.02 Å². The number of benzene rings is 2. The minimum atomic E-state index is -3.72. The molecule has 0 aliphatic carbocycles. The van der Waals surface area contributed by atoms with Crippen molar-refractivity contribution in [3.63, 3.8) is 0 Å². The molecule has 2 aromatic rings. The highest BCUT2D eigenvalue weighted by molar-refractivity contribution is 7.89. The lowest BCUT2D eigenvalue weighted by molar-refractivity contribution is -0.120. The molecule has 0 aromatic heterocycles. The number of hydrogen-bond acceptors (Lipinski definition) is 3. The van der Waals surface area contributed by atoms with E-state index in [1.807, 2.05) is 13.0 Å². The highest BCUT2D eigenvalue weighted by atomic mass is 35.5. The number of halogens is 1. The summed E-state index contributed by atoms with van der Waals surface area (Å²) < 4.78 is 27.3. The van der Waals surface area contributed by atoms with Crippen LogP contribution in [0.5, 0.6) is 0 Å². The Hall–Kier alpha value is -1.89. The molecule has 5 nitrogen and oxygen atoms in total. The molecule has 138 valence electrons. The fraction of sp³-hybridized carbons (Fsp3) is 0.316. The Morgan fingerprint density at radius 3 is 2.62 bits per heavy atom. The van der Waals surface area contributed by atoms with Gasteiger partial charge in [0.25, 0.3) is 0 Å². The zero-order valence-corrected chi connectivity index (χ0v) is 16.1. The second-order valence-corrected chi connectivity index (χ2v) is 8.72. The van der Waals surface area contributed by atoms with E-state index in [9.17, 15) is 13.2 Å². The van der Waals surface area contributed by atoms with E-state index in [4.69, 9.17) is 11.6 Å². The van der Waals surface area contributed by atoms with Gasteiger partial charge in [-0.2, -0.15) is 4.31 Å². The first-order valence-electron chi connectivity index (χ1n) is 8.53. The number of amides is 1. The first kappa shape index (κ1) is 18.9. The summed E-state index contributed by atoms with van der Waals surface area (Å²) in [6, 6.07) is 12.8. The zero-order chi connectivity index (χ0) is 18.7. The van der Waals surface area contributed by atoms with Gasteiger partial charge in [-0.05, 0) is 49.6 Å². The lowest BCUT2D eigenvalue weighted by atomic mass is 10.0. The summed E-state index contributed by atoms with van der Waals surface area (Å²) in [6.07, 6.45) is 2.05. The topological polar surface area (TPSA) is 66.5 Å². The smallest absolute Gasteiger partial charge is 0.243 e. The van der Waals surface area contributed by atoms with Crippen LogP contribution >= 0.6 is 11.6 Å². The summed E-state index contributed by atoms with van der Waals surface area (Å²) >= 11 is 6.01. The van der Waals surface area contributed by atoms with Crippen molar-refractivity contribution in [1.29, 1.82) is 0 Å². The molecule has 0 bridgehead atoms. The van der Waals surface area contributed by atoms with E-state index in [1.54, 1.807) is 42.5 Å². The normalized spacial score (nSPS) is 18.5. The van der Waals surface area contributed by atoms with Gasteiger partial charge in [-0.3, -0.25) is 4.79 Å². The minimum Gasteiger partial charge on any atom is -0.324 e. The highest BCUT2D eigenvalue weighted by Gasteiger charge is 2.37. The zero-order valence-electron chi connectivity index (χ0n) is 14.5. The van der Waals surface area contributed by atoms with Crippen molar-refractivity contribution < 1.29 is 13.2 Å². The summed E-state index contributed by atoms with van der Waals surface area (Å²) in [7, 11) is -3.72. The fourth-order valence-corrected chi connectivity index (χ4v) is 4.98. The van der Waals surface area contributed by atoms with Gasteiger partial charge in [0, 0.05) is 17.3 Å². The first-order valence-corrected chi connectivity index (χ1v) is 10.4. The standard InChI is InChI=1S/C19H21ClN2O3S/c1-14-10-11-15(20)13-17(14)21-19(23)18-9-5-6-12-22(18)26(24,25)16-7-3-2-4-8-16/h2-4,7-8,10-11,13,18H,5-6,9,12H2,1H3,(H,21,23)/t18-/m0/s1. The van der Waals surface area contributed by atoms with Crippen LogP contribution in [0.15, 0.2) is 53.4 Å². The third-order valence-corrected chi connectivity index (χ3v) is 6.72. The van der Waals surface area contributed by atoms with Crippen LogP contribution in [0.4, 0.5) is 5.69 Å². The predicted octanol–water partition coefficient (Wildman–Crippen LogP) is 3.83. The minimum absolute atomic E-state index is 0.207. The average Bonchev–Trinajstić information content (AvgIpc) is 2.65. The van der Waals surface area contributed by atoms with E-state index in [1.165, 1.54) is 4.31 Å². The molecule has 0 saturated carbocycles. The Morgan fingerprint density at radius 2 is 1.88 bits per heavy atom. The molecule has 2 aromatic carbocycles. The Morgan fingerprint density at radius 1 is 1.15 bits per heavy atom. The number of nitrogens with one attached hydrogen (secondary N) is 1. The van der Waals surface area contributed by atoms with E-state index >= 15 is 0 Å². The van der Waals surface area contributed by atoms with Crippen molar-refractivity contribution in [3.8, 4) is 0 Å². The van der Waals surface area contributed by atoms with E-state index in [0.29, 0.717) is 23.7 Å². The van der Waals surface area contributed by atoms with Crippen molar-refractivity contribution in [3.05, 3.63) is 59.1 Å². The molecule has 1 heterocycles. The summed E-state index contributed by atoms with van der Waals surface area (Å²) in [4.78, 5) is 13.1. The van der Waals surface area contributed by atoms with Crippen LogP contribution in [0.1, 0.15) is 24.8 Å². The van der Waals surface area contributed by atoms with Crippen molar-refractivity contribution in [2.24, 2.45) is 0 Å². The monoisotopic (exact) mass is 392 g/mol. The maximum atomic E-state index is 13.0. The molecule has 1 atom stereocenters. The van der Waals surface area contributed by atoms with Gasteiger partial charge in [-0.15, -0.1) is 0 Å². The van der Waals surface area contributed by atoms with Crippen LogP contribution in [-0.4, -0.2) is 31.2 Å². The molecular weight excluding hydrogens is 372 g/mol. The number of rotatable bonds is 4. The number of carbonyl (C=O) groups is 1. The third kappa shape index (κ3) is 3.92. The number of sulfonamides is 1. The van der Waals surface area contributed by atoms with Crippen LogP contribution in [0.25, 0.3) is 0 Å². The third-order valence-electron chi connectivity index (χ3n) is 4.56. The molecular formula is C19H21ClN2O3S. The maximum absolute atomic E-state index is 13.0. The molecule has 1 amide bonds. The molecule has 1 fully saturated rings. The molecule has 1 saturated heterocycles. The average molecular weight is 393 g/mol. The van der Waals surface area contributed by atoms with Crippen molar-refractivity contribution in [1.82, 2.24) is 4.31 Å². The van der Waals surface area contributed by atoms with Crippen molar-refractivity contribution in [2.45, 2.75) is 37.1 Å². The number of piperidine rings is 1. The number of carbonyl (C=O) groups excluding carboxylic acids is 1. The van der Waals surface area contributed by atoms with E-state index < -0.39 is 16.1 Å². The van der Waals surface area contributed by atoms with E-state index in [2.05, 4.69) is 5.32 Å². The number of aryl methyl sites for hydroxylation is 1. The molecule has 3 rings (SSSR count). The molecule has 0 spiro atoms. The van der Waals surface area contributed by atoms with Gasteiger partial charge in [-0.25, -0.2) is 8.42 Å². The molecule has 7 heteroatoms. The van der Waals surface area contributed by atoms with Crippen LogP contribution in [-0.2, 0) is 14.8 Å². The van der Waals surface area contributed by atoms with Crippen molar-refractivity contribution in [2.75, 3.05) is 11.9 Å². The first-order chi connectivity index (χ1) is 12.4. The summed E-state index contributed by atoms with van der Waals surface area (Å²) in [6.45, 7) is 2.20. The number of hydrogen-bond donors (Lipinski definition) is 1. The molecule has 1 aliphatic heterocycles. The van der Waals surface area contributed by atoms with Gasteiger partial charge in [0.2, 0.25) is 15.9 Å². The van der Waals surface area contributed by atoms with Gasteiger partial charge >= 0.3 is 0 Å². The Kier molecular flexibility index (Phi) is 5.65. The quantitative estimate of drug-likeness (QED) is 0.859. The van der Waals surface area contributed by atoms with Gasteiger partial charge in [0.15, 0.2) is 0 Å². The van der Waals surface area contributed by atoms with Gasteiger partial charge in [0.1, 0.15) is 6.04 Å². The second kappa shape index (κ2) is 7.78. The lowest BCUT2D eigenvalue weighted by Gasteiger charge is -2.33. The van der Waals surface area contributed by atoms with Gasteiger partial charge in [-0.1, -0.05) is 42.3 Å². The number of nitrogens with zero attached hydrogens (tertiary/aromatic N) is 1. The Bertz CT molecular complexity index is 900. The molecule has 0 radical (unpaired) electrons. The summed E-state index contributed by atoms with van der Waals surface area (Å²) in [5.41, 5.74) is 1.47. The molecule has 26 heavy (non-hydrogen) atoms.